The number of rotatable bonds is 4. The van der Waals surface area contributed by atoms with Gasteiger partial charge in [-0.2, -0.15) is 0 Å². The van der Waals surface area contributed by atoms with Crippen molar-refractivity contribution in [3.05, 3.63) is 29.8 Å². The molecule has 1 aromatic carbocycles. The van der Waals surface area contributed by atoms with Crippen molar-refractivity contribution in [1.82, 2.24) is 9.80 Å². The topological polar surface area (TPSA) is 6.48 Å². The van der Waals surface area contributed by atoms with Crippen LogP contribution in [0.15, 0.2) is 29.2 Å². The first-order valence-corrected chi connectivity index (χ1v) is 9.17. The summed E-state index contributed by atoms with van der Waals surface area (Å²) >= 11 is 1.82. The van der Waals surface area contributed by atoms with E-state index in [-0.39, 0.29) is 0 Å². The summed E-state index contributed by atoms with van der Waals surface area (Å²) in [7, 11) is 0. The molecule has 1 atom stereocenters. The molecule has 1 unspecified atom stereocenters. The summed E-state index contributed by atoms with van der Waals surface area (Å²) < 4.78 is 0. The first-order valence-electron chi connectivity index (χ1n) is 7.94. The molecule has 3 heteroatoms. The minimum atomic E-state index is 0.816. The Morgan fingerprint density at radius 1 is 1.05 bits per heavy atom. The Hall–Kier alpha value is -0.510. The molecule has 20 heavy (non-hydrogen) atoms. The van der Waals surface area contributed by atoms with Gasteiger partial charge in [-0.1, -0.05) is 12.1 Å². The van der Waals surface area contributed by atoms with Gasteiger partial charge in [0, 0.05) is 24.0 Å². The quantitative estimate of drug-likeness (QED) is 0.784. The van der Waals surface area contributed by atoms with Crippen LogP contribution < -0.4 is 0 Å². The Bertz CT molecular complexity index is 412. The number of nitrogens with zero attached hydrogens (tertiary/aromatic N) is 2. The predicted molar refractivity (Wildman–Crippen MR) is 87.3 cm³/mol. The number of piperidine rings is 1. The van der Waals surface area contributed by atoms with E-state index in [0.717, 1.165) is 12.6 Å². The molecule has 0 spiro atoms. The number of benzene rings is 1. The summed E-state index contributed by atoms with van der Waals surface area (Å²) in [5, 5.41) is 0. The van der Waals surface area contributed by atoms with E-state index in [2.05, 4.69) is 40.3 Å². The lowest BCUT2D eigenvalue weighted by Gasteiger charge is -2.37. The molecule has 2 aliphatic heterocycles. The fourth-order valence-corrected chi connectivity index (χ4v) is 3.98. The first kappa shape index (κ1) is 14.4. The maximum absolute atomic E-state index is 2.73. The molecule has 0 amide bonds. The van der Waals surface area contributed by atoms with Gasteiger partial charge in [0.2, 0.25) is 0 Å². The SMILES string of the molecule is CSc1ccc(CN2CCCC(N3CCCC3)C2)cc1. The Morgan fingerprint density at radius 3 is 2.50 bits per heavy atom. The van der Waals surface area contributed by atoms with E-state index in [0.29, 0.717) is 0 Å². The second-order valence-electron chi connectivity index (χ2n) is 6.12. The third kappa shape index (κ3) is 3.57. The van der Waals surface area contributed by atoms with Gasteiger partial charge in [0.15, 0.2) is 0 Å². The zero-order valence-corrected chi connectivity index (χ0v) is 13.4. The molecular formula is C17H26N2S. The second-order valence-corrected chi connectivity index (χ2v) is 7.00. The highest BCUT2D eigenvalue weighted by Gasteiger charge is 2.26. The van der Waals surface area contributed by atoms with Crippen molar-refractivity contribution in [3.8, 4) is 0 Å². The van der Waals surface area contributed by atoms with Gasteiger partial charge in [-0.15, -0.1) is 11.8 Å². The van der Waals surface area contributed by atoms with Crippen LogP contribution in [0.3, 0.4) is 0 Å². The van der Waals surface area contributed by atoms with Crippen molar-refractivity contribution < 1.29 is 0 Å². The van der Waals surface area contributed by atoms with Crippen LogP contribution >= 0.6 is 11.8 Å². The number of thioether (sulfide) groups is 1. The smallest absolute Gasteiger partial charge is 0.0234 e. The molecule has 2 saturated heterocycles. The van der Waals surface area contributed by atoms with Crippen LogP contribution in [0, 0.1) is 0 Å². The van der Waals surface area contributed by atoms with Crippen molar-refractivity contribution in [3.63, 3.8) is 0 Å². The fourth-order valence-electron chi connectivity index (χ4n) is 3.57. The zero-order chi connectivity index (χ0) is 13.8. The van der Waals surface area contributed by atoms with Gasteiger partial charge >= 0.3 is 0 Å². The third-order valence-electron chi connectivity index (χ3n) is 4.70. The number of likely N-dealkylation sites (tertiary alicyclic amines) is 2. The van der Waals surface area contributed by atoms with Gasteiger partial charge in [-0.25, -0.2) is 0 Å². The summed E-state index contributed by atoms with van der Waals surface area (Å²) in [5.74, 6) is 0. The number of hydrogen-bond donors (Lipinski definition) is 0. The van der Waals surface area contributed by atoms with E-state index in [1.165, 1.54) is 62.3 Å². The maximum atomic E-state index is 2.73. The Morgan fingerprint density at radius 2 is 1.80 bits per heavy atom. The molecule has 3 rings (SSSR count). The van der Waals surface area contributed by atoms with Crippen LogP contribution in [0.1, 0.15) is 31.2 Å². The van der Waals surface area contributed by atoms with Crippen LogP contribution in [0.4, 0.5) is 0 Å². The van der Waals surface area contributed by atoms with Gasteiger partial charge in [0.05, 0.1) is 0 Å². The maximum Gasteiger partial charge on any atom is 0.0234 e. The van der Waals surface area contributed by atoms with Gasteiger partial charge in [-0.05, 0) is 69.3 Å². The molecule has 0 aromatic heterocycles. The van der Waals surface area contributed by atoms with E-state index < -0.39 is 0 Å². The molecule has 1 aromatic rings. The minimum Gasteiger partial charge on any atom is -0.299 e. The molecule has 0 aliphatic carbocycles. The van der Waals surface area contributed by atoms with Crippen molar-refractivity contribution in [2.45, 2.75) is 43.2 Å². The molecule has 110 valence electrons. The highest BCUT2D eigenvalue weighted by molar-refractivity contribution is 7.98. The van der Waals surface area contributed by atoms with Crippen LogP contribution in [0.5, 0.6) is 0 Å². The summed E-state index contributed by atoms with van der Waals surface area (Å²) in [6.45, 7) is 6.33. The molecule has 0 bridgehead atoms. The van der Waals surface area contributed by atoms with Gasteiger partial charge < -0.3 is 0 Å². The molecule has 0 saturated carbocycles. The lowest BCUT2D eigenvalue weighted by Crippen LogP contribution is -2.46. The first-order chi connectivity index (χ1) is 9.85. The van der Waals surface area contributed by atoms with E-state index >= 15 is 0 Å². The van der Waals surface area contributed by atoms with Crippen LogP contribution in [0.2, 0.25) is 0 Å². The van der Waals surface area contributed by atoms with E-state index in [9.17, 15) is 0 Å². The van der Waals surface area contributed by atoms with Crippen molar-refractivity contribution in [2.75, 3.05) is 32.4 Å². The van der Waals surface area contributed by atoms with Gasteiger partial charge in [-0.3, -0.25) is 9.80 Å². The molecule has 0 N–H and O–H groups in total. The lowest BCUT2D eigenvalue weighted by atomic mass is 10.0. The normalized spacial score (nSPS) is 25.1. The molecule has 2 aliphatic rings. The monoisotopic (exact) mass is 290 g/mol. The molecular weight excluding hydrogens is 264 g/mol. The van der Waals surface area contributed by atoms with Crippen LogP contribution in [-0.4, -0.2) is 48.3 Å². The number of hydrogen-bond acceptors (Lipinski definition) is 3. The largest absolute Gasteiger partial charge is 0.299 e. The van der Waals surface area contributed by atoms with E-state index in [1.807, 2.05) is 11.8 Å². The van der Waals surface area contributed by atoms with Crippen LogP contribution in [-0.2, 0) is 6.54 Å². The summed E-state index contributed by atoms with van der Waals surface area (Å²) in [6.07, 6.45) is 7.73. The second kappa shape index (κ2) is 6.97. The highest BCUT2D eigenvalue weighted by atomic mass is 32.2. The average molecular weight is 290 g/mol. The minimum absolute atomic E-state index is 0.816. The molecule has 2 nitrogen and oxygen atoms in total. The van der Waals surface area contributed by atoms with Gasteiger partial charge in [0.25, 0.3) is 0 Å². The fraction of sp³-hybridized carbons (Fsp3) is 0.647. The third-order valence-corrected chi connectivity index (χ3v) is 5.45. The van der Waals surface area contributed by atoms with Crippen LogP contribution in [0.25, 0.3) is 0 Å². The predicted octanol–water partition coefficient (Wildman–Crippen LogP) is 3.47. The molecule has 2 fully saturated rings. The Balaban J connectivity index is 1.56. The summed E-state index contributed by atoms with van der Waals surface area (Å²) in [6, 6.07) is 9.91. The standard InChI is InChI=1S/C17H26N2S/c1-20-17-8-6-15(7-9-17)13-18-10-4-5-16(14-18)19-11-2-3-12-19/h6-9,16H,2-5,10-14H2,1H3. The van der Waals surface area contributed by atoms with Gasteiger partial charge in [0.1, 0.15) is 0 Å². The summed E-state index contributed by atoms with van der Waals surface area (Å²) in [5.41, 5.74) is 1.46. The van der Waals surface area contributed by atoms with E-state index in [4.69, 9.17) is 0 Å². The van der Waals surface area contributed by atoms with Crippen molar-refractivity contribution in [2.24, 2.45) is 0 Å². The Kier molecular flexibility index (Phi) is 5.03. The van der Waals surface area contributed by atoms with Crippen molar-refractivity contribution in [1.29, 1.82) is 0 Å². The molecule has 2 heterocycles. The summed E-state index contributed by atoms with van der Waals surface area (Å²) in [4.78, 5) is 6.74. The lowest BCUT2D eigenvalue weighted by molar-refractivity contribution is 0.110. The molecule has 0 radical (unpaired) electrons. The van der Waals surface area contributed by atoms with Crippen molar-refractivity contribution >= 4 is 11.8 Å². The highest BCUT2D eigenvalue weighted by Crippen LogP contribution is 2.22. The average Bonchev–Trinajstić information content (AvgIpc) is 3.03. The Labute approximate surface area is 127 Å². The zero-order valence-electron chi connectivity index (χ0n) is 12.6. The van der Waals surface area contributed by atoms with E-state index in [1.54, 1.807) is 0 Å².